The number of rotatable bonds is 6. The highest BCUT2D eigenvalue weighted by Gasteiger charge is 2.21. The molecule has 0 fully saturated rings. The Morgan fingerprint density at radius 1 is 0.897 bits per heavy atom. The van der Waals surface area contributed by atoms with E-state index in [1.165, 1.54) is 21.1 Å². The number of fused-ring (bicyclic) bond motifs is 1. The molecular weight excluding hydrogens is 370 g/mol. The summed E-state index contributed by atoms with van der Waals surface area (Å²) in [5, 5.41) is 4.86. The lowest BCUT2D eigenvalue weighted by atomic mass is 10.1. The molecule has 1 unspecified atom stereocenters. The predicted octanol–water partition coefficient (Wildman–Crippen LogP) is 4.35. The maximum Gasteiger partial charge on any atom is 0.339 e. The lowest BCUT2D eigenvalue weighted by Gasteiger charge is -2.16. The van der Waals surface area contributed by atoms with E-state index in [0.717, 1.165) is 16.3 Å². The number of benzene rings is 3. The Kier molecular flexibility index (Phi) is 6.02. The lowest BCUT2D eigenvalue weighted by Crippen LogP contribution is -2.30. The second-order valence-electron chi connectivity index (χ2n) is 6.60. The number of ether oxygens (including phenoxy) is 3. The van der Waals surface area contributed by atoms with Crippen LogP contribution in [-0.4, -0.2) is 32.2 Å². The van der Waals surface area contributed by atoms with E-state index in [2.05, 4.69) is 5.32 Å². The van der Waals surface area contributed by atoms with Gasteiger partial charge in [-0.1, -0.05) is 30.3 Å². The van der Waals surface area contributed by atoms with Crippen molar-refractivity contribution in [1.82, 2.24) is 0 Å². The summed E-state index contributed by atoms with van der Waals surface area (Å²) in [6, 6.07) is 16.6. The third kappa shape index (κ3) is 4.48. The van der Waals surface area contributed by atoms with Crippen molar-refractivity contribution in [2.24, 2.45) is 0 Å². The third-order valence-electron chi connectivity index (χ3n) is 4.66. The minimum atomic E-state index is -0.979. The van der Waals surface area contributed by atoms with Gasteiger partial charge in [0, 0.05) is 11.3 Å². The first-order valence-electron chi connectivity index (χ1n) is 9.16. The Hall–Kier alpha value is -3.54. The Balaban J connectivity index is 1.71. The Morgan fingerprint density at radius 3 is 2.14 bits per heavy atom. The Morgan fingerprint density at radius 2 is 1.52 bits per heavy atom. The molecule has 0 saturated heterocycles. The summed E-state index contributed by atoms with van der Waals surface area (Å²) in [6.07, 6.45) is -0.979. The standard InChI is InChI=1S/C23H23NO5/c1-14-20(27-3)12-18(13-21(14)28-4)23(26)29-15(2)22(25)24-19-10-9-16-7-5-6-8-17(16)11-19/h5-13,15H,1-4H3,(H,24,25). The molecule has 3 rings (SSSR count). The summed E-state index contributed by atoms with van der Waals surface area (Å²) < 4.78 is 15.9. The fraction of sp³-hybridized carbons (Fsp3) is 0.217. The molecule has 0 aliphatic heterocycles. The van der Waals surface area contributed by atoms with Crippen LogP contribution in [-0.2, 0) is 9.53 Å². The summed E-state index contributed by atoms with van der Waals surface area (Å²) in [4.78, 5) is 25.0. The number of anilines is 1. The highest BCUT2D eigenvalue weighted by molar-refractivity contribution is 5.99. The van der Waals surface area contributed by atoms with Gasteiger partial charge >= 0.3 is 5.97 Å². The largest absolute Gasteiger partial charge is 0.496 e. The fourth-order valence-electron chi connectivity index (χ4n) is 3.00. The zero-order valence-electron chi connectivity index (χ0n) is 16.8. The molecule has 3 aromatic rings. The van der Waals surface area contributed by atoms with Crippen molar-refractivity contribution in [3.8, 4) is 11.5 Å². The molecule has 6 heteroatoms. The van der Waals surface area contributed by atoms with Crippen molar-refractivity contribution in [2.45, 2.75) is 20.0 Å². The van der Waals surface area contributed by atoms with E-state index in [0.29, 0.717) is 17.2 Å². The molecule has 0 aliphatic rings. The van der Waals surface area contributed by atoms with Crippen LogP contribution in [0.4, 0.5) is 5.69 Å². The van der Waals surface area contributed by atoms with E-state index in [1.54, 1.807) is 12.1 Å². The van der Waals surface area contributed by atoms with Gasteiger partial charge in [-0.05, 0) is 48.9 Å². The molecule has 3 aromatic carbocycles. The quantitative estimate of drug-likeness (QED) is 0.630. The van der Waals surface area contributed by atoms with Gasteiger partial charge in [-0.15, -0.1) is 0 Å². The van der Waals surface area contributed by atoms with E-state index < -0.39 is 18.0 Å². The zero-order chi connectivity index (χ0) is 21.0. The molecule has 0 bridgehead atoms. The number of hydrogen-bond donors (Lipinski definition) is 1. The third-order valence-corrected chi connectivity index (χ3v) is 4.66. The van der Waals surface area contributed by atoms with Crippen molar-refractivity contribution in [3.05, 3.63) is 65.7 Å². The maximum atomic E-state index is 12.5. The molecule has 150 valence electrons. The number of carbonyl (C=O) groups is 2. The van der Waals surface area contributed by atoms with E-state index >= 15 is 0 Å². The number of carbonyl (C=O) groups excluding carboxylic acids is 2. The van der Waals surface area contributed by atoms with Crippen LogP contribution >= 0.6 is 0 Å². The summed E-state index contributed by atoms with van der Waals surface area (Å²) in [6.45, 7) is 3.35. The average Bonchev–Trinajstić information content (AvgIpc) is 2.73. The monoisotopic (exact) mass is 393 g/mol. The van der Waals surface area contributed by atoms with Crippen molar-refractivity contribution in [1.29, 1.82) is 0 Å². The lowest BCUT2D eigenvalue weighted by molar-refractivity contribution is -0.123. The highest BCUT2D eigenvalue weighted by Crippen LogP contribution is 2.30. The van der Waals surface area contributed by atoms with Crippen LogP contribution in [0.2, 0.25) is 0 Å². The topological polar surface area (TPSA) is 73.9 Å². The van der Waals surface area contributed by atoms with Crippen LogP contribution in [0.3, 0.4) is 0 Å². The molecule has 29 heavy (non-hydrogen) atoms. The van der Waals surface area contributed by atoms with Gasteiger partial charge in [0.15, 0.2) is 6.10 Å². The van der Waals surface area contributed by atoms with Crippen LogP contribution in [0.1, 0.15) is 22.8 Å². The Bertz CT molecular complexity index is 1040. The first kappa shape index (κ1) is 20.2. The fourth-order valence-corrected chi connectivity index (χ4v) is 3.00. The summed E-state index contributed by atoms with van der Waals surface area (Å²) in [5.41, 5.74) is 1.65. The molecule has 0 saturated carbocycles. The van der Waals surface area contributed by atoms with Crippen molar-refractivity contribution in [2.75, 3.05) is 19.5 Å². The van der Waals surface area contributed by atoms with Gasteiger partial charge in [0.1, 0.15) is 11.5 Å². The minimum Gasteiger partial charge on any atom is -0.496 e. The number of amides is 1. The van der Waals surface area contributed by atoms with Gasteiger partial charge in [0.25, 0.3) is 5.91 Å². The molecule has 1 N–H and O–H groups in total. The Labute approximate surface area is 169 Å². The molecule has 0 aromatic heterocycles. The highest BCUT2D eigenvalue weighted by atomic mass is 16.5. The van der Waals surface area contributed by atoms with Crippen molar-refractivity contribution >= 4 is 28.3 Å². The van der Waals surface area contributed by atoms with E-state index in [1.807, 2.05) is 49.4 Å². The van der Waals surface area contributed by atoms with Crippen LogP contribution in [0.15, 0.2) is 54.6 Å². The smallest absolute Gasteiger partial charge is 0.339 e. The van der Waals surface area contributed by atoms with Gasteiger partial charge in [-0.25, -0.2) is 4.79 Å². The number of methoxy groups -OCH3 is 2. The van der Waals surface area contributed by atoms with E-state index in [-0.39, 0.29) is 5.56 Å². The van der Waals surface area contributed by atoms with Crippen LogP contribution in [0.5, 0.6) is 11.5 Å². The molecule has 1 amide bonds. The number of esters is 1. The van der Waals surface area contributed by atoms with E-state index in [9.17, 15) is 9.59 Å². The van der Waals surface area contributed by atoms with Gasteiger partial charge < -0.3 is 19.5 Å². The minimum absolute atomic E-state index is 0.245. The zero-order valence-corrected chi connectivity index (χ0v) is 16.8. The number of hydrogen-bond acceptors (Lipinski definition) is 5. The van der Waals surface area contributed by atoms with Crippen molar-refractivity contribution in [3.63, 3.8) is 0 Å². The molecule has 6 nitrogen and oxygen atoms in total. The van der Waals surface area contributed by atoms with Gasteiger partial charge in [-0.3, -0.25) is 4.79 Å². The first-order chi connectivity index (χ1) is 13.9. The molecule has 0 heterocycles. The van der Waals surface area contributed by atoms with Crippen LogP contribution in [0.25, 0.3) is 10.8 Å². The van der Waals surface area contributed by atoms with Gasteiger partial charge in [0.2, 0.25) is 0 Å². The number of nitrogens with one attached hydrogen (secondary N) is 1. The van der Waals surface area contributed by atoms with E-state index in [4.69, 9.17) is 14.2 Å². The second kappa shape index (κ2) is 8.65. The summed E-state index contributed by atoms with van der Waals surface area (Å²) in [5.74, 6) is -0.0448. The molecular formula is C23H23NO5. The van der Waals surface area contributed by atoms with Gasteiger partial charge in [-0.2, -0.15) is 0 Å². The normalized spacial score (nSPS) is 11.6. The molecule has 0 radical (unpaired) electrons. The average molecular weight is 393 g/mol. The second-order valence-corrected chi connectivity index (χ2v) is 6.60. The predicted molar refractivity (Wildman–Crippen MR) is 112 cm³/mol. The van der Waals surface area contributed by atoms with Crippen LogP contribution in [0, 0.1) is 6.92 Å². The first-order valence-corrected chi connectivity index (χ1v) is 9.16. The van der Waals surface area contributed by atoms with Gasteiger partial charge in [0.05, 0.1) is 19.8 Å². The van der Waals surface area contributed by atoms with Crippen LogP contribution < -0.4 is 14.8 Å². The SMILES string of the molecule is COc1cc(C(=O)OC(C)C(=O)Nc2ccc3ccccc3c2)cc(OC)c1C. The summed E-state index contributed by atoms with van der Waals surface area (Å²) >= 11 is 0. The molecule has 0 spiro atoms. The molecule has 1 atom stereocenters. The maximum absolute atomic E-state index is 12.5. The molecule has 0 aliphatic carbocycles. The summed E-state index contributed by atoms with van der Waals surface area (Å²) in [7, 11) is 3.02. The van der Waals surface area contributed by atoms with Crippen molar-refractivity contribution < 1.29 is 23.8 Å².